The van der Waals surface area contributed by atoms with Gasteiger partial charge in [-0.2, -0.15) is 0 Å². The van der Waals surface area contributed by atoms with Crippen LogP contribution in [0.2, 0.25) is 0 Å². The number of methoxy groups -OCH3 is 1. The van der Waals surface area contributed by atoms with Crippen LogP contribution in [-0.4, -0.2) is 38.0 Å². The topological polar surface area (TPSA) is 30.5 Å². The second kappa shape index (κ2) is 7.61. The molecule has 0 heterocycles. The second-order valence-corrected chi connectivity index (χ2v) is 6.21. The molecule has 0 saturated heterocycles. The quantitative estimate of drug-likeness (QED) is 0.770. The first kappa shape index (κ1) is 15.3. The van der Waals surface area contributed by atoms with Crippen LogP contribution in [0.15, 0.2) is 0 Å². The summed E-state index contributed by atoms with van der Waals surface area (Å²) in [6.07, 6.45) is 9.94. The molecule has 0 bridgehead atoms. The Morgan fingerprint density at radius 3 is 2.42 bits per heavy atom. The third kappa shape index (κ3) is 3.93. The molecular weight excluding hydrogens is 238 g/mol. The molecule has 0 aliphatic heterocycles. The Kier molecular flexibility index (Phi) is 6.11. The third-order valence-corrected chi connectivity index (χ3v) is 4.90. The first-order valence-corrected chi connectivity index (χ1v) is 8.18. The summed E-state index contributed by atoms with van der Waals surface area (Å²) in [6, 6.07) is 1.22. The van der Waals surface area contributed by atoms with Gasteiger partial charge in [0.25, 0.3) is 0 Å². The molecule has 0 aromatic rings. The fourth-order valence-electron chi connectivity index (χ4n) is 3.77. The van der Waals surface area contributed by atoms with Gasteiger partial charge in [-0.05, 0) is 44.9 Å². The van der Waals surface area contributed by atoms with Gasteiger partial charge in [0.15, 0.2) is 0 Å². The molecule has 19 heavy (non-hydrogen) atoms. The van der Waals surface area contributed by atoms with Crippen LogP contribution in [0.5, 0.6) is 0 Å². The van der Waals surface area contributed by atoms with E-state index in [1.165, 1.54) is 38.5 Å². The first-order valence-electron chi connectivity index (χ1n) is 8.18. The molecule has 3 nitrogen and oxygen atoms in total. The molecule has 2 saturated carbocycles. The first-order chi connectivity index (χ1) is 9.28. The van der Waals surface area contributed by atoms with Crippen molar-refractivity contribution in [2.24, 2.45) is 5.92 Å². The van der Waals surface area contributed by atoms with Crippen LogP contribution in [0.25, 0.3) is 0 Å². The van der Waals surface area contributed by atoms with Gasteiger partial charge < -0.3 is 14.8 Å². The lowest BCUT2D eigenvalue weighted by Gasteiger charge is -2.46. The summed E-state index contributed by atoms with van der Waals surface area (Å²) in [5.41, 5.74) is 0. The fourth-order valence-corrected chi connectivity index (χ4v) is 3.77. The van der Waals surface area contributed by atoms with Crippen molar-refractivity contribution in [2.45, 2.75) is 83.1 Å². The van der Waals surface area contributed by atoms with Crippen LogP contribution in [0, 0.1) is 5.92 Å². The molecule has 2 aliphatic carbocycles. The maximum absolute atomic E-state index is 5.68. The van der Waals surface area contributed by atoms with E-state index < -0.39 is 0 Å². The van der Waals surface area contributed by atoms with E-state index in [-0.39, 0.29) is 6.10 Å². The van der Waals surface area contributed by atoms with E-state index in [4.69, 9.17) is 9.47 Å². The van der Waals surface area contributed by atoms with E-state index >= 15 is 0 Å². The lowest BCUT2D eigenvalue weighted by Crippen LogP contribution is -2.62. The van der Waals surface area contributed by atoms with Crippen molar-refractivity contribution in [3.05, 3.63) is 0 Å². The summed E-state index contributed by atoms with van der Waals surface area (Å²) in [5, 5.41) is 3.80. The second-order valence-electron chi connectivity index (χ2n) is 6.21. The Labute approximate surface area is 118 Å². The number of hydrogen-bond donors (Lipinski definition) is 1. The Balaban J connectivity index is 1.68. The predicted octanol–water partition coefficient (Wildman–Crippen LogP) is 3.13. The van der Waals surface area contributed by atoms with E-state index in [9.17, 15) is 0 Å². The van der Waals surface area contributed by atoms with E-state index in [0.717, 1.165) is 18.9 Å². The number of ether oxygens (including phenoxy) is 2. The van der Waals surface area contributed by atoms with Crippen molar-refractivity contribution >= 4 is 0 Å². The SMILES string of the molecule is CCCC1CCC(NC2CC(OCC)C2OC)CC1. The summed E-state index contributed by atoms with van der Waals surface area (Å²) < 4.78 is 11.3. The summed E-state index contributed by atoms with van der Waals surface area (Å²) >= 11 is 0. The summed E-state index contributed by atoms with van der Waals surface area (Å²) in [4.78, 5) is 0. The smallest absolute Gasteiger partial charge is 0.0986 e. The molecule has 0 radical (unpaired) electrons. The lowest BCUT2D eigenvalue weighted by atomic mass is 9.80. The monoisotopic (exact) mass is 269 g/mol. The zero-order chi connectivity index (χ0) is 13.7. The standard InChI is InChI=1S/C16H31NO2/c1-4-6-12-7-9-13(10-8-12)17-14-11-15(19-5-2)16(14)18-3/h12-17H,4-11H2,1-3H3. The highest BCUT2D eigenvalue weighted by atomic mass is 16.5. The fraction of sp³-hybridized carbons (Fsp3) is 1.00. The van der Waals surface area contributed by atoms with Crippen LogP contribution in [-0.2, 0) is 9.47 Å². The van der Waals surface area contributed by atoms with E-state index in [1.807, 2.05) is 7.11 Å². The minimum absolute atomic E-state index is 0.258. The molecule has 3 atom stereocenters. The summed E-state index contributed by atoms with van der Waals surface area (Å²) in [6.45, 7) is 5.15. The number of hydrogen-bond acceptors (Lipinski definition) is 3. The zero-order valence-corrected chi connectivity index (χ0v) is 12.9. The maximum atomic E-state index is 5.68. The van der Waals surface area contributed by atoms with Crippen LogP contribution >= 0.6 is 0 Å². The van der Waals surface area contributed by atoms with Gasteiger partial charge in [-0.1, -0.05) is 19.8 Å². The summed E-state index contributed by atoms with van der Waals surface area (Å²) in [7, 11) is 1.81. The van der Waals surface area contributed by atoms with Crippen LogP contribution < -0.4 is 5.32 Å². The van der Waals surface area contributed by atoms with Gasteiger partial charge in [0, 0.05) is 25.8 Å². The van der Waals surface area contributed by atoms with Gasteiger partial charge in [0.2, 0.25) is 0 Å². The largest absolute Gasteiger partial charge is 0.377 e. The normalized spacial score (nSPS) is 39.0. The Bertz CT molecular complexity index is 251. The maximum Gasteiger partial charge on any atom is 0.0986 e. The van der Waals surface area contributed by atoms with Crippen LogP contribution in [0.3, 0.4) is 0 Å². The van der Waals surface area contributed by atoms with Crippen molar-refractivity contribution in [3.63, 3.8) is 0 Å². The zero-order valence-electron chi connectivity index (χ0n) is 12.9. The average Bonchev–Trinajstić information content (AvgIpc) is 2.40. The van der Waals surface area contributed by atoms with Crippen molar-refractivity contribution in [1.82, 2.24) is 5.32 Å². The molecule has 112 valence electrons. The highest BCUT2D eigenvalue weighted by Gasteiger charge is 2.43. The van der Waals surface area contributed by atoms with Gasteiger partial charge >= 0.3 is 0 Å². The van der Waals surface area contributed by atoms with Crippen molar-refractivity contribution < 1.29 is 9.47 Å². The molecule has 0 spiro atoms. The van der Waals surface area contributed by atoms with Crippen LogP contribution in [0.4, 0.5) is 0 Å². The lowest BCUT2D eigenvalue weighted by molar-refractivity contribution is -0.133. The van der Waals surface area contributed by atoms with Gasteiger partial charge in [0.05, 0.1) is 12.2 Å². The molecule has 2 rings (SSSR count). The highest BCUT2D eigenvalue weighted by molar-refractivity contribution is 4.98. The van der Waals surface area contributed by atoms with Crippen molar-refractivity contribution in [2.75, 3.05) is 13.7 Å². The molecule has 3 unspecified atom stereocenters. The average molecular weight is 269 g/mol. The van der Waals surface area contributed by atoms with Gasteiger partial charge in [-0.3, -0.25) is 0 Å². The van der Waals surface area contributed by atoms with E-state index in [0.29, 0.717) is 18.2 Å². The molecule has 0 aromatic heterocycles. The molecular formula is C16H31NO2. The summed E-state index contributed by atoms with van der Waals surface area (Å²) in [5.74, 6) is 0.985. The van der Waals surface area contributed by atoms with Crippen LogP contribution in [0.1, 0.15) is 58.8 Å². The van der Waals surface area contributed by atoms with E-state index in [1.54, 1.807) is 0 Å². The Morgan fingerprint density at radius 2 is 1.84 bits per heavy atom. The molecule has 1 N–H and O–H groups in total. The minimum atomic E-state index is 0.258. The molecule has 3 heteroatoms. The minimum Gasteiger partial charge on any atom is -0.377 e. The molecule has 2 aliphatic rings. The number of rotatable bonds is 7. The Morgan fingerprint density at radius 1 is 1.11 bits per heavy atom. The third-order valence-electron chi connectivity index (χ3n) is 4.90. The van der Waals surface area contributed by atoms with Gasteiger partial charge in [-0.25, -0.2) is 0 Å². The number of nitrogens with one attached hydrogen (secondary N) is 1. The van der Waals surface area contributed by atoms with Crippen molar-refractivity contribution in [1.29, 1.82) is 0 Å². The van der Waals surface area contributed by atoms with E-state index in [2.05, 4.69) is 19.2 Å². The molecule has 2 fully saturated rings. The van der Waals surface area contributed by atoms with Crippen molar-refractivity contribution in [3.8, 4) is 0 Å². The van der Waals surface area contributed by atoms with Gasteiger partial charge in [-0.15, -0.1) is 0 Å². The Hall–Kier alpha value is -0.120. The molecule has 0 amide bonds. The highest BCUT2D eigenvalue weighted by Crippen LogP contribution is 2.31. The molecule has 0 aromatic carbocycles. The van der Waals surface area contributed by atoms with Gasteiger partial charge in [0.1, 0.15) is 0 Å². The predicted molar refractivity (Wildman–Crippen MR) is 78.4 cm³/mol.